The molecule has 9 heteroatoms. The van der Waals surface area contributed by atoms with Crippen LogP contribution in [0.25, 0.3) is 0 Å². The molecular formula is C19H16ClN5O3. The number of carbonyl (C=O) groups excluding carboxylic acids is 3. The second-order valence-corrected chi connectivity index (χ2v) is 6.98. The van der Waals surface area contributed by atoms with Crippen LogP contribution < -0.4 is 10.2 Å². The van der Waals surface area contributed by atoms with Crippen LogP contribution in [0.4, 0.5) is 11.4 Å². The van der Waals surface area contributed by atoms with E-state index in [1.54, 1.807) is 48.5 Å². The molecule has 1 fully saturated rings. The maximum absolute atomic E-state index is 12.8. The summed E-state index contributed by atoms with van der Waals surface area (Å²) in [6, 6.07) is 11.9. The molecule has 0 spiro atoms. The van der Waals surface area contributed by atoms with Crippen molar-refractivity contribution >= 4 is 40.7 Å². The van der Waals surface area contributed by atoms with E-state index in [0.29, 0.717) is 16.4 Å². The van der Waals surface area contributed by atoms with E-state index in [4.69, 9.17) is 11.6 Å². The summed E-state index contributed by atoms with van der Waals surface area (Å²) in [5.41, 5.74) is 1.90. The van der Waals surface area contributed by atoms with Crippen LogP contribution in [0.3, 0.4) is 0 Å². The molecule has 0 bridgehead atoms. The maximum Gasteiger partial charge on any atom is 0.263 e. The number of imide groups is 1. The number of hydrogen-bond donors (Lipinski definition) is 1. The Morgan fingerprint density at radius 1 is 1.14 bits per heavy atom. The predicted octanol–water partition coefficient (Wildman–Crippen LogP) is 2.58. The van der Waals surface area contributed by atoms with Crippen molar-refractivity contribution in [2.75, 3.05) is 16.8 Å². The molecule has 2 aliphatic heterocycles. The maximum atomic E-state index is 12.8. The fourth-order valence-corrected chi connectivity index (χ4v) is 3.42. The second-order valence-electron chi connectivity index (χ2n) is 6.55. The van der Waals surface area contributed by atoms with Crippen molar-refractivity contribution in [3.63, 3.8) is 0 Å². The smallest absolute Gasteiger partial charge is 0.263 e. The molecule has 8 nitrogen and oxygen atoms in total. The Morgan fingerprint density at radius 2 is 1.89 bits per heavy atom. The SMILES string of the molecule is Cc1ccc(Cl)cc1NC(=O)CN1N=N[C@H]2C(=O)N(c3ccccc3)C(=O)[C@@H]21. The van der Waals surface area contributed by atoms with Crippen LogP contribution >= 0.6 is 11.6 Å². The normalized spacial score (nSPS) is 20.6. The van der Waals surface area contributed by atoms with Gasteiger partial charge in [-0.1, -0.05) is 41.1 Å². The number of anilines is 2. The summed E-state index contributed by atoms with van der Waals surface area (Å²) in [6.07, 6.45) is 0. The molecule has 28 heavy (non-hydrogen) atoms. The highest BCUT2D eigenvalue weighted by Crippen LogP contribution is 2.31. The number of carbonyl (C=O) groups is 3. The number of aryl methyl sites for hydroxylation is 1. The number of nitrogens with zero attached hydrogens (tertiary/aromatic N) is 4. The number of hydrogen-bond acceptors (Lipinski definition) is 6. The second kappa shape index (κ2) is 7.05. The van der Waals surface area contributed by atoms with Crippen LogP contribution in [0, 0.1) is 6.92 Å². The van der Waals surface area contributed by atoms with E-state index in [1.807, 2.05) is 6.92 Å². The van der Waals surface area contributed by atoms with E-state index in [9.17, 15) is 14.4 Å². The van der Waals surface area contributed by atoms with Crippen molar-refractivity contribution in [1.82, 2.24) is 5.01 Å². The lowest BCUT2D eigenvalue weighted by atomic mass is 10.1. The van der Waals surface area contributed by atoms with Crippen molar-refractivity contribution in [1.29, 1.82) is 0 Å². The van der Waals surface area contributed by atoms with Gasteiger partial charge in [0.2, 0.25) is 5.91 Å². The predicted molar refractivity (Wildman–Crippen MR) is 103 cm³/mol. The van der Waals surface area contributed by atoms with Crippen molar-refractivity contribution in [2.24, 2.45) is 10.3 Å². The topological polar surface area (TPSA) is 94.4 Å². The van der Waals surface area contributed by atoms with Gasteiger partial charge in [-0.2, -0.15) is 5.11 Å². The molecule has 0 radical (unpaired) electrons. The zero-order valence-corrected chi connectivity index (χ0v) is 15.6. The lowest BCUT2D eigenvalue weighted by molar-refractivity contribution is -0.123. The summed E-state index contributed by atoms with van der Waals surface area (Å²) < 4.78 is 0. The van der Waals surface area contributed by atoms with Crippen molar-refractivity contribution in [3.05, 3.63) is 59.1 Å². The van der Waals surface area contributed by atoms with E-state index >= 15 is 0 Å². The third-order valence-corrected chi connectivity index (χ3v) is 4.89. The van der Waals surface area contributed by atoms with E-state index in [1.165, 1.54) is 5.01 Å². The minimum Gasteiger partial charge on any atom is -0.324 e. The molecule has 2 aliphatic rings. The summed E-state index contributed by atoms with van der Waals surface area (Å²) in [4.78, 5) is 39.0. The number of halogens is 1. The monoisotopic (exact) mass is 397 g/mol. The standard InChI is InChI=1S/C19H16ClN5O3/c1-11-7-8-12(20)9-14(11)21-15(26)10-24-17-16(22-23-24)18(27)25(19(17)28)13-5-3-2-4-6-13/h2-9,16-17H,10H2,1H3,(H,21,26)/t16-,17-/m1/s1. The number of rotatable bonds is 4. The molecule has 0 unspecified atom stereocenters. The van der Waals surface area contributed by atoms with Gasteiger partial charge in [0.1, 0.15) is 6.54 Å². The molecule has 142 valence electrons. The Kier molecular flexibility index (Phi) is 4.56. The van der Waals surface area contributed by atoms with Gasteiger partial charge in [0.25, 0.3) is 11.8 Å². The van der Waals surface area contributed by atoms with E-state index in [0.717, 1.165) is 10.5 Å². The molecule has 1 saturated heterocycles. The average Bonchev–Trinajstić information content (AvgIpc) is 3.19. The number of amides is 3. The first-order valence-electron chi connectivity index (χ1n) is 8.62. The Labute approximate surface area is 165 Å². The van der Waals surface area contributed by atoms with E-state index in [2.05, 4.69) is 15.7 Å². The van der Waals surface area contributed by atoms with Crippen LogP contribution in [-0.4, -0.2) is 41.4 Å². The van der Waals surface area contributed by atoms with Crippen LogP contribution in [0.2, 0.25) is 5.02 Å². The fraction of sp³-hybridized carbons (Fsp3) is 0.211. The molecule has 2 aromatic carbocycles. The minimum absolute atomic E-state index is 0.210. The molecule has 4 rings (SSSR count). The van der Waals surface area contributed by atoms with E-state index in [-0.39, 0.29) is 12.5 Å². The molecule has 2 atom stereocenters. The summed E-state index contributed by atoms with van der Waals surface area (Å²) in [7, 11) is 0. The van der Waals surface area contributed by atoms with Gasteiger partial charge in [0.05, 0.1) is 5.69 Å². The Bertz CT molecular complexity index is 994. The van der Waals surface area contributed by atoms with Gasteiger partial charge >= 0.3 is 0 Å². The molecule has 1 N–H and O–H groups in total. The first-order chi connectivity index (χ1) is 13.5. The third-order valence-electron chi connectivity index (χ3n) is 4.65. The van der Waals surface area contributed by atoms with E-state index < -0.39 is 23.9 Å². The van der Waals surface area contributed by atoms with Gasteiger partial charge in [-0.25, -0.2) is 4.90 Å². The van der Waals surface area contributed by atoms with Gasteiger partial charge in [-0.3, -0.25) is 19.4 Å². The van der Waals surface area contributed by atoms with Crippen LogP contribution in [0.15, 0.2) is 58.9 Å². The largest absolute Gasteiger partial charge is 0.324 e. The third kappa shape index (κ3) is 3.11. The quantitative estimate of drug-likeness (QED) is 0.802. The molecule has 2 heterocycles. The molecule has 3 amide bonds. The molecule has 0 aromatic heterocycles. The molecule has 0 saturated carbocycles. The Morgan fingerprint density at radius 3 is 2.64 bits per heavy atom. The lowest BCUT2D eigenvalue weighted by Crippen LogP contribution is -2.43. The van der Waals surface area contributed by atoms with Gasteiger partial charge in [0.15, 0.2) is 12.1 Å². The van der Waals surface area contributed by atoms with Gasteiger partial charge in [0, 0.05) is 10.7 Å². The number of para-hydroxylation sites is 1. The number of benzene rings is 2. The highest BCUT2D eigenvalue weighted by molar-refractivity contribution is 6.31. The zero-order chi connectivity index (χ0) is 19.8. The zero-order valence-electron chi connectivity index (χ0n) is 14.9. The number of nitrogens with one attached hydrogen (secondary N) is 1. The minimum atomic E-state index is -0.937. The Balaban J connectivity index is 1.49. The van der Waals surface area contributed by atoms with Gasteiger partial charge < -0.3 is 5.32 Å². The molecule has 0 aliphatic carbocycles. The number of fused-ring (bicyclic) bond motifs is 1. The lowest BCUT2D eigenvalue weighted by Gasteiger charge is -2.20. The van der Waals surface area contributed by atoms with Gasteiger partial charge in [-0.05, 0) is 36.8 Å². The average molecular weight is 398 g/mol. The summed E-state index contributed by atoms with van der Waals surface area (Å²) >= 11 is 5.97. The van der Waals surface area contributed by atoms with Crippen LogP contribution in [0.5, 0.6) is 0 Å². The van der Waals surface area contributed by atoms with Crippen molar-refractivity contribution in [2.45, 2.75) is 19.0 Å². The first-order valence-corrected chi connectivity index (χ1v) is 9.00. The van der Waals surface area contributed by atoms with Crippen LogP contribution in [-0.2, 0) is 14.4 Å². The van der Waals surface area contributed by atoms with Crippen molar-refractivity contribution < 1.29 is 14.4 Å². The van der Waals surface area contributed by atoms with Crippen LogP contribution in [0.1, 0.15) is 5.56 Å². The molecule has 2 aromatic rings. The highest BCUT2D eigenvalue weighted by atomic mass is 35.5. The summed E-state index contributed by atoms with van der Waals surface area (Å²) in [6.45, 7) is 1.63. The highest BCUT2D eigenvalue weighted by Gasteiger charge is 2.55. The fourth-order valence-electron chi connectivity index (χ4n) is 3.25. The summed E-state index contributed by atoms with van der Waals surface area (Å²) in [5, 5.41) is 12.3. The summed E-state index contributed by atoms with van der Waals surface area (Å²) in [5.74, 6) is -1.28. The van der Waals surface area contributed by atoms with Crippen molar-refractivity contribution in [3.8, 4) is 0 Å². The van der Waals surface area contributed by atoms with Gasteiger partial charge in [-0.15, -0.1) is 0 Å². The first kappa shape index (κ1) is 18.1. The Hall–Kier alpha value is -3.26. The molecular weight excluding hydrogens is 382 g/mol.